The van der Waals surface area contributed by atoms with Crippen LogP contribution in [0.3, 0.4) is 0 Å². The number of benzene rings is 3. The standard InChI is InChI=1S/C136H240N2O4/c1-9-17-25-33-41-49-57-61-69-77-83-91-99-123(97-89-81-73-65-53-45-37-29-21-13-5)119-139-133-111-109-129(135(115-133)141-121-125(101-93-85-75-67-55-47-39-31-23-15-7)103-95-87-79-71-63-59-51-43-35-27-19-11-3)113-131(117-137)127-105-107-128(108-106-127)132(118-138)114-130-110-112-134(140-120-124(98-90-82-74-66-54-46-38-30-22-14-6)100-92-84-78-70-62-58-50-42-34-26-18-10-2)116-136(130)142-122-126(102-94-86-76-68-56-48-40-32-24-16-8)104-96-88-80-72-64-60-52-44-36-28-20-12-4/h105-116,123-126H,9-104,119-122H2,1-8H3/b131-113+,132-114+. The van der Waals surface area contributed by atoms with Crippen LogP contribution >= 0.6 is 0 Å². The maximum atomic E-state index is 11.4. The summed E-state index contributed by atoms with van der Waals surface area (Å²) >= 11 is 0. The molecule has 818 valence electrons. The molecule has 0 saturated carbocycles. The highest BCUT2D eigenvalue weighted by Gasteiger charge is 2.21. The van der Waals surface area contributed by atoms with Gasteiger partial charge in [0.15, 0.2) is 0 Å². The summed E-state index contributed by atoms with van der Waals surface area (Å²) in [4.78, 5) is 0. The van der Waals surface area contributed by atoms with Gasteiger partial charge in [-0.2, -0.15) is 10.5 Å². The number of rotatable bonds is 112. The molecule has 0 aliphatic carbocycles. The van der Waals surface area contributed by atoms with Gasteiger partial charge in [-0.1, -0.05) is 645 Å². The fourth-order valence-corrected chi connectivity index (χ4v) is 22.1. The molecule has 6 heteroatoms. The molecule has 0 heterocycles. The van der Waals surface area contributed by atoms with Crippen LogP contribution in [0.4, 0.5) is 0 Å². The highest BCUT2D eigenvalue weighted by atomic mass is 16.5. The van der Waals surface area contributed by atoms with Gasteiger partial charge in [-0.3, -0.25) is 0 Å². The van der Waals surface area contributed by atoms with Crippen molar-refractivity contribution in [3.63, 3.8) is 0 Å². The monoisotopic (exact) mass is 1970 g/mol. The van der Waals surface area contributed by atoms with Gasteiger partial charge in [-0.05, 0) is 123 Å². The average Bonchev–Trinajstić information content (AvgIpc) is 0.823. The molecule has 3 aromatic rings. The molecule has 0 spiro atoms. The van der Waals surface area contributed by atoms with E-state index in [2.05, 4.69) is 140 Å². The average molecular weight is 1970 g/mol. The molecule has 0 aromatic heterocycles. The number of unbranched alkanes of at least 4 members (excludes halogenated alkanes) is 80. The van der Waals surface area contributed by atoms with Gasteiger partial charge in [-0.15, -0.1) is 0 Å². The summed E-state index contributed by atoms with van der Waals surface area (Å²) in [5.41, 5.74) is 4.63. The molecule has 0 fully saturated rings. The molecule has 3 aromatic carbocycles. The third kappa shape index (κ3) is 79.4. The Bertz CT molecular complexity index is 3060. The smallest absolute Gasteiger partial charge is 0.130 e. The van der Waals surface area contributed by atoms with Crippen molar-refractivity contribution in [1.82, 2.24) is 0 Å². The van der Waals surface area contributed by atoms with E-state index in [9.17, 15) is 10.5 Å². The molecule has 142 heavy (non-hydrogen) atoms. The van der Waals surface area contributed by atoms with Crippen LogP contribution in [0.2, 0.25) is 0 Å². The van der Waals surface area contributed by atoms with Gasteiger partial charge in [0.2, 0.25) is 0 Å². The second-order valence-corrected chi connectivity index (χ2v) is 45.6. The highest BCUT2D eigenvalue weighted by molar-refractivity contribution is 5.93. The van der Waals surface area contributed by atoms with Crippen LogP contribution in [-0.4, -0.2) is 26.4 Å². The predicted molar refractivity (Wildman–Crippen MR) is 631 cm³/mol. The predicted octanol–water partition coefficient (Wildman–Crippen LogP) is 47.4. The molecule has 0 saturated heterocycles. The van der Waals surface area contributed by atoms with Crippen molar-refractivity contribution in [3.05, 3.63) is 82.9 Å². The zero-order valence-corrected chi connectivity index (χ0v) is 96.5. The van der Waals surface area contributed by atoms with Crippen LogP contribution in [-0.2, 0) is 0 Å². The molecule has 0 radical (unpaired) electrons. The van der Waals surface area contributed by atoms with Crippen LogP contribution in [0.5, 0.6) is 23.0 Å². The lowest BCUT2D eigenvalue weighted by Gasteiger charge is -2.21. The summed E-state index contributed by atoms with van der Waals surface area (Å²) in [6.07, 6.45) is 134. The van der Waals surface area contributed by atoms with Crippen molar-refractivity contribution in [2.75, 3.05) is 26.4 Å². The van der Waals surface area contributed by atoms with E-state index in [-0.39, 0.29) is 0 Å². The first-order valence-electron chi connectivity index (χ1n) is 64.4. The number of allylic oxidation sites excluding steroid dienone is 2. The Kier molecular flexibility index (Phi) is 95.8. The minimum atomic E-state index is 0.462. The van der Waals surface area contributed by atoms with E-state index in [0.29, 0.717) is 48.0 Å². The normalized spacial score (nSPS) is 12.7. The van der Waals surface area contributed by atoms with Gasteiger partial charge in [0, 0.05) is 23.3 Å². The first kappa shape index (κ1) is 131. The van der Waals surface area contributed by atoms with Gasteiger partial charge >= 0.3 is 0 Å². The molecule has 4 unspecified atom stereocenters. The second kappa shape index (κ2) is 103. The summed E-state index contributed by atoms with van der Waals surface area (Å²) in [7, 11) is 0. The minimum Gasteiger partial charge on any atom is -0.493 e. The van der Waals surface area contributed by atoms with Crippen molar-refractivity contribution in [3.8, 4) is 35.1 Å². The quantitative estimate of drug-likeness (QED) is 0.0318. The van der Waals surface area contributed by atoms with E-state index in [0.717, 1.165) is 58.5 Å². The maximum absolute atomic E-state index is 11.4. The van der Waals surface area contributed by atoms with E-state index in [1.54, 1.807) is 0 Å². The van der Waals surface area contributed by atoms with Crippen LogP contribution in [0.25, 0.3) is 23.3 Å². The number of nitriles is 2. The van der Waals surface area contributed by atoms with Crippen LogP contribution in [0, 0.1) is 46.3 Å². The molecule has 6 nitrogen and oxygen atoms in total. The van der Waals surface area contributed by atoms with Gasteiger partial charge in [0.05, 0.1) is 49.7 Å². The molecule has 4 atom stereocenters. The van der Waals surface area contributed by atoms with Crippen LogP contribution in [0.1, 0.15) is 694 Å². The van der Waals surface area contributed by atoms with E-state index in [4.69, 9.17) is 18.9 Å². The van der Waals surface area contributed by atoms with Crippen molar-refractivity contribution >= 4 is 23.3 Å². The third-order valence-corrected chi connectivity index (χ3v) is 32.0. The summed E-state index contributed by atoms with van der Waals surface area (Å²) in [5, 5.41) is 22.8. The summed E-state index contributed by atoms with van der Waals surface area (Å²) in [6, 6.07) is 26.6. The first-order chi connectivity index (χ1) is 70.3. The number of hydrogen-bond donors (Lipinski definition) is 0. The van der Waals surface area contributed by atoms with Gasteiger partial charge in [-0.25, -0.2) is 0 Å². The van der Waals surface area contributed by atoms with Crippen LogP contribution < -0.4 is 18.9 Å². The lowest BCUT2D eigenvalue weighted by atomic mass is 9.94. The Labute approximate surface area is 886 Å². The largest absolute Gasteiger partial charge is 0.493 e. The Balaban J connectivity index is 2.14. The molecule has 0 aliphatic heterocycles. The molecule has 0 N–H and O–H groups in total. The van der Waals surface area contributed by atoms with Crippen molar-refractivity contribution < 1.29 is 18.9 Å². The summed E-state index contributed by atoms with van der Waals surface area (Å²) in [5.74, 6) is 5.34. The molecule has 0 aliphatic rings. The highest BCUT2D eigenvalue weighted by Crippen LogP contribution is 2.37. The lowest BCUT2D eigenvalue weighted by molar-refractivity contribution is 0.214. The number of ether oxygens (including phenoxy) is 4. The fourth-order valence-electron chi connectivity index (χ4n) is 22.1. The van der Waals surface area contributed by atoms with Gasteiger partial charge in [0.25, 0.3) is 0 Å². The van der Waals surface area contributed by atoms with Crippen LogP contribution in [0.15, 0.2) is 60.7 Å². The Morgan fingerprint density at radius 3 is 0.479 bits per heavy atom. The Morgan fingerprint density at radius 2 is 0.331 bits per heavy atom. The first-order valence-corrected chi connectivity index (χ1v) is 64.4. The van der Waals surface area contributed by atoms with E-state index < -0.39 is 0 Å². The molecular formula is C136H240N2O4. The molecular weight excluding hydrogens is 1730 g/mol. The Hall–Kier alpha value is -4.68. The molecule has 0 amide bonds. The Morgan fingerprint density at radius 1 is 0.190 bits per heavy atom. The third-order valence-electron chi connectivity index (χ3n) is 32.0. The summed E-state index contributed by atoms with van der Waals surface area (Å²) < 4.78 is 28.7. The molecule has 0 bridgehead atoms. The van der Waals surface area contributed by atoms with E-state index in [1.807, 2.05) is 0 Å². The zero-order valence-electron chi connectivity index (χ0n) is 96.5. The fraction of sp³-hybridized carbons (Fsp3) is 0.824. The van der Waals surface area contributed by atoms with Crippen molar-refractivity contribution in [2.24, 2.45) is 23.7 Å². The number of hydrogen-bond acceptors (Lipinski definition) is 6. The SMILES string of the molecule is CCCCCCCCCCCCCCC(CCCCCCCCCCCC)COc1ccc(/C=C(\C#N)c2ccc(/C(C#N)=C/c3ccc(OCC(CCCCCCCCCCCC)CCCCCCCCCCCCCC)cc3OCC(CCCCCCCCCCCC)CCCCCCCCCCCCCC)cc2)c(OCC(CCCCCCCCCCCC)CCCCCCCCCCCCCC)c1. The van der Waals surface area contributed by atoms with E-state index in [1.165, 1.54) is 616 Å². The lowest BCUT2D eigenvalue weighted by Crippen LogP contribution is -2.14. The zero-order chi connectivity index (χ0) is 102. The molecule has 3 rings (SSSR count). The van der Waals surface area contributed by atoms with Crippen molar-refractivity contribution in [1.29, 1.82) is 10.5 Å². The minimum absolute atomic E-state index is 0.462. The maximum Gasteiger partial charge on any atom is 0.130 e. The number of nitrogens with zero attached hydrogens (tertiary/aromatic N) is 2. The second-order valence-electron chi connectivity index (χ2n) is 45.6. The van der Waals surface area contributed by atoms with Crippen molar-refractivity contribution in [2.45, 2.75) is 672 Å². The van der Waals surface area contributed by atoms with E-state index >= 15 is 0 Å². The van der Waals surface area contributed by atoms with Gasteiger partial charge < -0.3 is 18.9 Å². The summed E-state index contributed by atoms with van der Waals surface area (Å²) in [6.45, 7) is 21.4. The topological polar surface area (TPSA) is 84.5 Å². The van der Waals surface area contributed by atoms with Gasteiger partial charge in [0.1, 0.15) is 23.0 Å².